The van der Waals surface area contributed by atoms with Crippen LogP contribution in [0.5, 0.6) is 0 Å². The Morgan fingerprint density at radius 3 is 2.76 bits per heavy atom. The molecule has 1 amide bonds. The normalized spacial score (nSPS) is 17.4. The first-order valence-electron chi connectivity index (χ1n) is 9.71. The van der Waals surface area contributed by atoms with Gasteiger partial charge < -0.3 is 20.7 Å². The topological polar surface area (TPSA) is 80.5 Å². The fourth-order valence-corrected chi connectivity index (χ4v) is 3.64. The number of nitrogens with one attached hydrogen (secondary N) is 1. The van der Waals surface area contributed by atoms with Crippen molar-refractivity contribution in [1.29, 1.82) is 0 Å². The van der Waals surface area contributed by atoms with Crippen LogP contribution in [0.15, 0.2) is 24.4 Å². The van der Waals surface area contributed by atoms with Gasteiger partial charge in [0.15, 0.2) is 0 Å². The lowest BCUT2D eigenvalue weighted by Gasteiger charge is -2.39. The Morgan fingerprint density at radius 1 is 1.41 bits per heavy atom. The molecule has 3 N–H and O–H groups in total. The standard InChI is InChI=1S/C21H28F2N4O2/c1-20(2,29-3)13-27-9-6-21(23,7-10-27)12-26-19(28)15-11-16(22)17(24)14-5-4-8-25-18(14)15/h4-5,8,11H,6-7,9-10,12-13,24H2,1-3H3,(H,26,28). The molecule has 0 aliphatic carbocycles. The number of carbonyl (C=O) groups excluding carboxylic acids is 1. The molecule has 0 spiro atoms. The molecule has 0 bridgehead atoms. The van der Waals surface area contributed by atoms with Gasteiger partial charge in [0.2, 0.25) is 0 Å². The maximum atomic E-state index is 15.2. The van der Waals surface area contributed by atoms with E-state index in [1.165, 1.54) is 6.20 Å². The van der Waals surface area contributed by atoms with E-state index < -0.39 is 17.4 Å². The highest BCUT2D eigenvalue weighted by molar-refractivity contribution is 6.08. The zero-order valence-electron chi connectivity index (χ0n) is 17.1. The molecule has 2 heterocycles. The molecule has 1 fully saturated rings. The highest BCUT2D eigenvalue weighted by atomic mass is 19.1. The van der Waals surface area contributed by atoms with Crippen molar-refractivity contribution >= 4 is 22.5 Å². The number of alkyl halides is 1. The number of fused-ring (bicyclic) bond motifs is 1. The second-order valence-electron chi connectivity index (χ2n) is 8.29. The zero-order valence-corrected chi connectivity index (χ0v) is 17.1. The Bertz CT molecular complexity index is 896. The molecule has 1 aromatic heterocycles. The number of benzene rings is 1. The van der Waals surface area contributed by atoms with Crippen LogP contribution < -0.4 is 11.1 Å². The second kappa shape index (κ2) is 8.20. The number of rotatable bonds is 6. The molecule has 0 saturated carbocycles. The number of nitrogens with two attached hydrogens (primary N) is 1. The van der Waals surface area contributed by atoms with E-state index in [-0.39, 0.29) is 23.4 Å². The van der Waals surface area contributed by atoms with Crippen molar-refractivity contribution in [1.82, 2.24) is 15.2 Å². The third-order valence-corrected chi connectivity index (χ3v) is 5.60. The van der Waals surface area contributed by atoms with Crippen LogP contribution in [0.4, 0.5) is 14.5 Å². The number of anilines is 1. The maximum Gasteiger partial charge on any atom is 0.253 e. The van der Waals surface area contributed by atoms with Crippen LogP contribution in [0.1, 0.15) is 37.0 Å². The predicted molar refractivity (Wildman–Crippen MR) is 109 cm³/mol. The van der Waals surface area contributed by atoms with Gasteiger partial charge in [-0.1, -0.05) is 0 Å². The number of nitrogen functional groups attached to an aromatic ring is 1. The summed E-state index contributed by atoms with van der Waals surface area (Å²) in [5, 5.41) is 2.98. The van der Waals surface area contributed by atoms with Crippen molar-refractivity contribution in [2.24, 2.45) is 0 Å². The SMILES string of the molecule is COC(C)(C)CN1CCC(F)(CNC(=O)c2cc(F)c(N)c3cccnc23)CC1. The van der Waals surface area contributed by atoms with Gasteiger partial charge in [-0.05, 0) is 44.9 Å². The number of likely N-dealkylation sites (tertiary alicyclic amines) is 1. The van der Waals surface area contributed by atoms with E-state index >= 15 is 4.39 Å². The summed E-state index contributed by atoms with van der Waals surface area (Å²) < 4.78 is 34.8. The monoisotopic (exact) mass is 406 g/mol. The molecule has 1 aliphatic heterocycles. The van der Waals surface area contributed by atoms with Gasteiger partial charge in [-0.15, -0.1) is 0 Å². The van der Waals surface area contributed by atoms with Gasteiger partial charge in [0.25, 0.3) is 5.91 Å². The zero-order chi connectivity index (χ0) is 21.2. The van der Waals surface area contributed by atoms with Gasteiger partial charge >= 0.3 is 0 Å². The van der Waals surface area contributed by atoms with Crippen molar-refractivity contribution in [2.75, 3.05) is 39.0 Å². The average Bonchev–Trinajstić information content (AvgIpc) is 2.71. The first kappa shape index (κ1) is 21.4. The van der Waals surface area contributed by atoms with Gasteiger partial charge in [-0.25, -0.2) is 8.78 Å². The lowest BCUT2D eigenvalue weighted by atomic mass is 9.92. The van der Waals surface area contributed by atoms with E-state index in [0.717, 1.165) is 6.07 Å². The van der Waals surface area contributed by atoms with E-state index in [1.807, 2.05) is 13.8 Å². The third kappa shape index (κ3) is 4.82. The van der Waals surface area contributed by atoms with E-state index in [2.05, 4.69) is 15.2 Å². The number of hydrogen-bond donors (Lipinski definition) is 2. The van der Waals surface area contributed by atoms with Crippen molar-refractivity contribution in [3.63, 3.8) is 0 Å². The number of nitrogens with zero attached hydrogens (tertiary/aromatic N) is 2. The van der Waals surface area contributed by atoms with Gasteiger partial charge in [0, 0.05) is 38.3 Å². The van der Waals surface area contributed by atoms with Crippen LogP contribution in [-0.2, 0) is 4.74 Å². The average molecular weight is 406 g/mol. The lowest BCUT2D eigenvalue weighted by molar-refractivity contribution is -0.0274. The minimum atomic E-state index is -1.50. The van der Waals surface area contributed by atoms with Crippen molar-refractivity contribution in [2.45, 2.75) is 38.0 Å². The number of ether oxygens (including phenoxy) is 1. The fraction of sp³-hybridized carbons (Fsp3) is 0.524. The first-order chi connectivity index (χ1) is 13.6. The van der Waals surface area contributed by atoms with Crippen LogP contribution in [0, 0.1) is 5.82 Å². The maximum absolute atomic E-state index is 15.2. The molecular weight excluding hydrogens is 378 g/mol. The summed E-state index contributed by atoms with van der Waals surface area (Å²) in [5.74, 6) is -1.26. The molecule has 0 radical (unpaired) electrons. The van der Waals surface area contributed by atoms with E-state index in [0.29, 0.717) is 43.4 Å². The Balaban J connectivity index is 1.65. The molecule has 8 heteroatoms. The number of pyridine rings is 1. The quantitative estimate of drug-likeness (QED) is 0.721. The van der Waals surface area contributed by atoms with Gasteiger partial charge in [0.05, 0.1) is 28.9 Å². The number of piperidine rings is 1. The molecule has 0 unspecified atom stereocenters. The van der Waals surface area contributed by atoms with Crippen LogP contribution in [-0.4, -0.2) is 60.3 Å². The Labute approximate surface area is 169 Å². The minimum absolute atomic E-state index is 0.0511. The fourth-order valence-electron chi connectivity index (χ4n) is 3.64. The number of halogens is 2. The largest absolute Gasteiger partial charge is 0.396 e. The molecule has 1 aromatic carbocycles. The Hall–Kier alpha value is -2.32. The van der Waals surface area contributed by atoms with Crippen LogP contribution in [0.25, 0.3) is 10.9 Å². The summed E-state index contributed by atoms with van der Waals surface area (Å²) in [4.78, 5) is 19.0. The van der Waals surface area contributed by atoms with Gasteiger partial charge in [-0.3, -0.25) is 9.78 Å². The van der Waals surface area contributed by atoms with Crippen molar-refractivity contribution < 1.29 is 18.3 Å². The molecule has 2 aromatic rings. The molecule has 1 aliphatic rings. The first-order valence-corrected chi connectivity index (χ1v) is 9.71. The smallest absolute Gasteiger partial charge is 0.253 e. The Kier molecular flexibility index (Phi) is 6.05. The molecule has 3 rings (SSSR count). The molecule has 6 nitrogen and oxygen atoms in total. The second-order valence-corrected chi connectivity index (χ2v) is 8.29. The summed E-state index contributed by atoms with van der Waals surface area (Å²) in [6.45, 7) is 5.74. The minimum Gasteiger partial charge on any atom is -0.396 e. The molecule has 158 valence electrons. The highest BCUT2D eigenvalue weighted by Crippen LogP contribution is 2.28. The number of methoxy groups -OCH3 is 1. The third-order valence-electron chi connectivity index (χ3n) is 5.60. The van der Waals surface area contributed by atoms with Crippen LogP contribution in [0.3, 0.4) is 0 Å². The van der Waals surface area contributed by atoms with Crippen molar-refractivity contribution in [3.8, 4) is 0 Å². The van der Waals surface area contributed by atoms with Gasteiger partial charge in [0.1, 0.15) is 11.5 Å². The summed E-state index contributed by atoms with van der Waals surface area (Å²) >= 11 is 0. The van der Waals surface area contributed by atoms with Crippen LogP contribution >= 0.6 is 0 Å². The Morgan fingerprint density at radius 2 is 2.10 bits per heavy atom. The van der Waals surface area contributed by atoms with Gasteiger partial charge in [-0.2, -0.15) is 0 Å². The van der Waals surface area contributed by atoms with E-state index in [9.17, 15) is 9.18 Å². The predicted octanol–water partition coefficient (Wildman–Crippen LogP) is 2.92. The molecular formula is C21H28F2N4O2. The summed E-state index contributed by atoms with van der Waals surface area (Å²) in [5.41, 5.74) is 4.24. The van der Waals surface area contributed by atoms with Crippen molar-refractivity contribution in [3.05, 3.63) is 35.8 Å². The van der Waals surface area contributed by atoms with E-state index in [1.54, 1.807) is 19.2 Å². The molecule has 0 atom stereocenters. The van der Waals surface area contributed by atoms with Crippen LogP contribution in [0.2, 0.25) is 0 Å². The molecule has 1 saturated heterocycles. The highest BCUT2D eigenvalue weighted by Gasteiger charge is 2.36. The number of hydrogen-bond acceptors (Lipinski definition) is 5. The summed E-state index contributed by atoms with van der Waals surface area (Å²) in [6.07, 6.45) is 2.12. The summed E-state index contributed by atoms with van der Waals surface area (Å²) in [7, 11) is 1.66. The number of aromatic nitrogens is 1. The number of amides is 1. The number of carbonyl (C=O) groups is 1. The molecule has 29 heavy (non-hydrogen) atoms. The van der Waals surface area contributed by atoms with E-state index in [4.69, 9.17) is 10.5 Å². The summed E-state index contributed by atoms with van der Waals surface area (Å²) in [6, 6.07) is 4.28. The lowest BCUT2D eigenvalue weighted by Crippen LogP contribution is -2.51.